The zero-order chi connectivity index (χ0) is 22.6. The number of nitrogens with one attached hydrogen (secondary N) is 1. The largest absolute Gasteiger partial charge is 0.496 e. The molecule has 0 radical (unpaired) electrons. The van der Waals surface area contributed by atoms with Crippen molar-refractivity contribution in [2.45, 2.75) is 11.4 Å². The van der Waals surface area contributed by atoms with Gasteiger partial charge in [-0.15, -0.1) is 0 Å². The molecule has 1 aromatic heterocycles. The van der Waals surface area contributed by atoms with Gasteiger partial charge in [0, 0.05) is 35.7 Å². The quantitative estimate of drug-likeness (QED) is 0.562. The predicted octanol–water partition coefficient (Wildman–Crippen LogP) is 2.21. The van der Waals surface area contributed by atoms with Crippen LogP contribution in [-0.4, -0.2) is 45.4 Å². The molecular weight excluding hydrogens is 429 g/mol. The SMILES string of the molecule is COc1cc(OC)c(S(=O)(=O)NC(=O)c2ccc(Cn3cccn3)c(OC)c2)cc1F. The molecule has 31 heavy (non-hydrogen) atoms. The molecule has 0 spiro atoms. The minimum absolute atomic E-state index is 0.0394. The lowest BCUT2D eigenvalue weighted by Gasteiger charge is -2.14. The van der Waals surface area contributed by atoms with Crippen molar-refractivity contribution >= 4 is 15.9 Å². The molecular formula is C20H20FN3O6S. The maximum Gasteiger partial charge on any atom is 0.268 e. The number of carbonyl (C=O) groups excluding carboxylic acids is 1. The number of rotatable bonds is 8. The second kappa shape index (κ2) is 9.04. The molecule has 11 heteroatoms. The van der Waals surface area contributed by atoms with E-state index in [9.17, 15) is 17.6 Å². The summed E-state index contributed by atoms with van der Waals surface area (Å²) in [5.41, 5.74) is 0.780. The molecule has 1 N–H and O–H groups in total. The number of carbonyl (C=O) groups is 1. The summed E-state index contributed by atoms with van der Waals surface area (Å²) >= 11 is 0. The Morgan fingerprint density at radius 1 is 1.06 bits per heavy atom. The molecule has 164 valence electrons. The molecule has 3 aromatic rings. The van der Waals surface area contributed by atoms with Crippen LogP contribution < -0.4 is 18.9 Å². The smallest absolute Gasteiger partial charge is 0.268 e. The van der Waals surface area contributed by atoms with Crippen LogP contribution in [0.1, 0.15) is 15.9 Å². The Hall–Kier alpha value is -3.60. The molecule has 1 amide bonds. The second-order valence-electron chi connectivity index (χ2n) is 6.30. The van der Waals surface area contributed by atoms with Crippen molar-refractivity contribution in [1.29, 1.82) is 0 Å². The van der Waals surface area contributed by atoms with Crippen LogP contribution >= 0.6 is 0 Å². The lowest BCUT2D eigenvalue weighted by molar-refractivity contribution is 0.0981. The van der Waals surface area contributed by atoms with E-state index in [1.807, 2.05) is 4.72 Å². The van der Waals surface area contributed by atoms with Crippen LogP contribution in [-0.2, 0) is 16.6 Å². The molecule has 0 aliphatic rings. The van der Waals surface area contributed by atoms with Crippen LogP contribution in [0.15, 0.2) is 53.7 Å². The van der Waals surface area contributed by atoms with Gasteiger partial charge in [0.05, 0.1) is 27.9 Å². The van der Waals surface area contributed by atoms with Crippen molar-refractivity contribution in [3.05, 3.63) is 65.7 Å². The minimum Gasteiger partial charge on any atom is -0.496 e. The van der Waals surface area contributed by atoms with Gasteiger partial charge in [-0.25, -0.2) is 17.5 Å². The molecule has 3 rings (SSSR count). The third kappa shape index (κ3) is 4.77. The zero-order valence-corrected chi connectivity index (χ0v) is 17.8. The van der Waals surface area contributed by atoms with E-state index in [0.717, 1.165) is 17.7 Å². The first-order valence-corrected chi connectivity index (χ1v) is 10.4. The number of amides is 1. The average molecular weight is 449 g/mol. The van der Waals surface area contributed by atoms with Gasteiger partial charge >= 0.3 is 0 Å². The van der Waals surface area contributed by atoms with E-state index >= 15 is 0 Å². The molecule has 0 fully saturated rings. The molecule has 0 aliphatic carbocycles. The molecule has 9 nitrogen and oxygen atoms in total. The van der Waals surface area contributed by atoms with Gasteiger partial charge < -0.3 is 14.2 Å². The van der Waals surface area contributed by atoms with Crippen LogP contribution in [0.2, 0.25) is 0 Å². The number of sulfonamides is 1. The number of halogens is 1. The predicted molar refractivity (Wildman–Crippen MR) is 108 cm³/mol. The molecule has 0 aliphatic heterocycles. The maximum atomic E-state index is 14.1. The molecule has 2 aromatic carbocycles. The van der Waals surface area contributed by atoms with E-state index in [2.05, 4.69) is 5.10 Å². The lowest BCUT2D eigenvalue weighted by Crippen LogP contribution is -2.31. The van der Waals surface area contributed by atoms with Crippen LogP contribution in [0.5, 0.6) is 17.2 Å². The summed E-state index contributed by atoms with van der Waals surface area (Å²) < 4.78 is 58.3. The number of hydrogen-bond donors (Lipinski definition) is 1. The summed E-state index contributed by atoms with van der Waals surface area (Å²) in [6.07, 6.45) is 3.41. The van der Waals surface area contributed by atoms with Crippen LogP contribution in [0.4, 0.5) is 4.39 Å². The Morgan fingerprint density at radius 2 is 1.77 bits per heavy atom. The van der Waals surface area contributed by atoms with E-state index in [1.54, 1.807) is 29.2 Å². The fraction of sp³-hybridized carbons (Fsp3) is 0.200. The van der Waals surface area contributed by atoms with Crippen LogP contribution in [0, 0.1) is 5.82 Å². The number of methoxy groups -OCH3 is 3. The first kappa shape index (κ1) is 22.1. The van der Waals surface area contributed by atoms with E-state index in [4.69, 9.17) is 14.2 Å². The summed E-state index contributed by atoms with van der Waals surface area (Å²) in [7, 11) is -0.555. The second-order valence-corrected chi connectivity index (χ2v) is 7.95. The van der Waals surface area contributed by atoms with Crippen molar-refractivity contribution in [2.75, 3.05) is 21.3 Å². The summed E-state index contributed by atoms with van der Waals surface area (Å²) in [5.74, 6) is -1.82. The number of aromatic nitrogens is 2. The average Bonchev–Trinajstić information content (AvgIpc) is 3.26. The Bertz CT molecular complexity index is 1200. The van der Waals surface area contributed by atoms with Gasteiger partial charge in [0.25, 0.3) is 15.9 Å². The summed E-state index contributed by atoms with van der Waals surface area (Å²) in [5, 5.41) is 4.11. The van der Waals surface area contributed by atoms with Gasteiger partial charge in [-0.05, 0) is 18.2 Å². The van der Waals surface area contributed by atoms with Crippen LogP contribution in [0.3, 0.4) is 0 Å². The molecule has 0 atom stereocenters. The van der Waals surface area contributed by atoms with Crippen molar-refractivity contribution in [1.82, 2.24) is 14.5 Å². The van der Waals surface area contributed by atoms with Gasteiger partial charge in [-0.2, -0.15) is 5.10 Å². The Morgan fingerprint density at radius 3 is 2.39 bits per heavy atom. The topological polar surface area (TPSA) is 109 Å². The van der Waals surface area contributed by atoms with E-state index in [-0.39, 0.29) is 17.1 Å². The number of nitrogens with zero attached hydrogens (tertiary/aromatic N) is 2. The highest BCUT2D eigenvalue weighted by Crippen LogP contribution is 2.31. The highest BCUT2D eigenvalue weighted by atomic mass is 32.2. The number of benzene rings is 2. The molecule has 0 saturated heterocycles. The fourth-order valence-corrected chi connectivity index (χ4v) is 4.00. The fourth-order valence-electron chi connectivity index (χ4n) is 2.86. The zero-order valence-electron chi connectivity index (χ0n) is 17.0. The number of ether oxygens (including phenoxy) is 3. The number of hydrogen-bond acceptors (Lipinski definition) is 7. The Labute approximate surface area is 178 Å². The normalized spacial score (nSPS) is 11.1. The van der Waals surface area contributed by atoms with Gasteiger partial charge in [0.2, 0.25) is 0 Å². The molecule has 0 bridgehead atoms. The Kier molecular flexibility index (Phi) is 6.44. The summed E-state index contributed by atoms with van der Waals surface area (Å²) in [4.78, 5) is 12.1. The van der Waals surface area contributed by atoms with Gasteiger partial charge in [-0.1, -0.05) is 6.07 Å². The van der Waals surface area contributed by atoms with Gasteiger partial charge in [-0.3, -0.25) is 9.48 Å². The highest BCUT2D eigenvalue weighted by Gasteiger charge is 2.26. The van der Waals surface area contributed by atoms with Gasteiger partial charge in [0.1, 0.15) is 16.4 Å². The van der Waals surface area contributed by atoms with Crippen molar-refractivity contribution in [3.8, 4) is 17.2 Å². The molecule has 0 saturated carbocycles. The highest BCUT2D eigenvalue weighted by molar-refractivity contribution is 7.90. The van der Waals surface area contributed by atoms with E-state index in [1.165, 1.54) is 33.5 Å². The Balaban J connectivity index is 1.87. The third-order valence-electron chi connectivity index (χ3n) is 4.40. The van der Waals surface area contributed by atoms with E-state index < -0.39 is 26.6 Å². The van der Waals surface area contributed by atoms with Crippen molar-refractivity contribution < 1.29 is 31.8 Å². The summed E-state index contributed by atoms with van der Waals surface area (Å²) in [6, 6.07) is 8.08. The van der Waals surface area contributed by atoms with Gasteiger partial charge in [0.15, 0.2) is 11.6 Å². The van der Waals surface area contributed by atoms with Crippen LogP contribution in [0.25, 0.3) is 0 Å². The summed E-state index contributed by atoms with van der Waals surface area (Å²) in [6.45, 7) is 0.401. The van der Waals surface area contributed by atoms with Crippen molar-refractivity contribution in [3.63, 3.8) is 0 Å². The first-order valence-electron chi connectivity index (χ1n) is 8.92. The molecule has 1 heterocycles. The van der Waals surface area contributed by atoms with E-state index in [0.29, 0.717) is 12.3 Å². The maximum absolute atomic E-state index is 14.1. The molecule has 0 unspecified atom stereocenters. The third-order valence-corrected chi connectivity index (χ3v) is 5.75. The minimum atomic E-state index is -4.44. The lowest BCUT2D eigenvalue weighted by atomic mass is 10.1. The first-order chi connectivity index (χ1) is 14.8. The van der Waals surface area contributed by atoms with Crippen molar-refractivity contribution in [2.24, 2.45) is 0 Å². The standard InChI is InChI=1S/C20H20FN3O6S/c1-28-16-9-13(5-6-14(16)12-24-8-4-7-22-24)20(25)23-31(26,27)19-10-15(21)17(29-2)11-18(19)30-3/h4-11H,12H2,1-3H3,(H,23,25). The monoisotopic (exact) mass is 449 g/mol.